The zero-order chi connectivity index (χ0) is 10.3. The fraction of sp³-hybridized carbons (Fsp3) is 0.125. The molecule has 0 bridgehead atoms. The van der Waals surface area contributed by atoms with Gasteiger partial charge in [0.05, 0.1) is 11.0 Å². The van der Waals surface area contributed by atoms with Gasteiger partial charge in [-0.15, -0.1) is 11.3 Å². The Morgan fingerprint density at radius 1 is 1.64 bits per heavy atom. The molecule has 0 saturated heterocycles. The van der Waals surface area contributed by atoms with Crippen LogP contribution in [0.25, 0.3) is 10.3 Å². The first-order valence-electron chi connectivity index (χ1n) is 3.78. The number of aromatic carboxylic acids is 1. The van der Waals surface area contributed by atoms with Gasteiger partial charge in [0.2, 0.25) is 0 Å². The van der Waals surface area contributed by atoms with Crippen LogP contribution < -0.4 is 5.56 Å². The Hall–Kier alpha value is -1.69. The number of thiazole rings is 1. The third-order valence-electron chi connectivity index (χ3n) is 1.93. The summed E-state index contributed by atoms with van der Waals surface area (Å²) in [5.74, 6) is -1.22. The van der Waals surface area contributed by atoms with Crippen molar-refractivity contribution in [3.8, 4) is 0 Å². The molecule has 0 radical (unpaired) electrons. The van der Waals surface area contributed by atoms with Crippen molar-refractivity contribution in [1.82, 2.24) is 9.55 Å². The maximum atomic E-state index is 11.5. The summed E-state index contributed by atoms with van der Waals surface area (Å²) in [7, 11) is 1.54. The molecule has 0 atom stereocenters. The van der Waals surface area contributed by atoms with E-state index >= 15 is 0 Å². The van der Waals surface area contributed by atoms with Gasteiger partial charge in [0.25, 0.3) is 5.56 Å². The second-order valence-corrected chi connectivity index (χ2v) is 3.60. The third-order valence-corrected chi connectivity index (χ3v) is 2.84. The smallest absolute Gasteiger partial charge is 0.341 e. The highest BCUT2D eigenvalue weighted by Gasteiger charge is 2.13. The quantitative estimate of drug-likeness (QED) is 0.751. The van der Waals surface area contributed by atoms with Crippen LogP contribution in [0, 0.1) is 0 Å². The van der Waals surface area contributed by atoms with E-state index in [1.165, 1.54) is 29.0 Å². The van der Waals surface area contributed by atoms with Gasteiger partial charge in [0.1, 0.15) is 10.4 Å². The van der Waals surface area contributed by atoms with Crippen LogP contribution in [0.1, 0.15) is 10.4 Å². The number of hydrogen-bond acceptors (Lipinski definition) is 4. The Kier molecular flexibility index (Phi) is 1.85. The summed E-state index contributed by atoms with van der Waals surface area (Å²) in [5.41, 5.74) is 1.37. The highest BCUT2D eigenvalue weighted by molar-refractivity contribution is 7.16. The largest absolute Gasteiger partial charge is 0.477 e. The van der Waals surface area contributed by atoms with Crippen molar-refractivity contribution >= 4 is 27.7 Å². The molecule has 1 N–H and O–H groups in total. The number of carboxylic acids is 1. The number of aromatic nitrogens is 2. The average molecular weight is 210 g/mol. The minimum atomic E-state index is -1.22. The lowest BCUT2D eigenvalue weighted by molar-refractivity contribution is 0.0694. The molecular weight excluding hydrogens is 204 g/mol. The first-order chi connectivity index (χ1) is 6.61. The van der Waals surface area contributed by atoms with Gasteiger partial charge >= 0.3 is 5.97 Å². The van der Waals surface area contributed by atoms with Crippen molar-refractivity contribution in [3.05, 3.63) is 27.5 Å². The molecule has 0 aliphatic heterocycles. The minimum Gasteiger partial charge on any atom is -0.477 e. The van der Waals surface area contributed by atoms with E-state index in [0.29, 0.717) is 10.3 Å². The van der Waals surface area contributed by atoms with Gasteiger partial charge in [-0.1, -0.05) is 0 Å². The average Bonchev–Trinajstić information content (AvgIpc) is 2.58. The summed E-state index contributed by atoms with van der Waals surface area (Å²) in [6.07, 6.45) is 0. The molecule has 2 aromatic heterocycles. The number of carboxylic acid groups (broad SMARTS) is 1. The van der Waals surface area contributed by atoms with E-state index in [9.17, 15) is 9.59 Å². The van der Waals surface area contributed by atoms with Crippen LogP contribution in [0.15, 0.2) is 16.4 Å². The van der Waals surface area contributed by atoms with Gasteiger partial charge in [0, 0.05) is 7.05 Å². The molecule has 0 unspecified atom stereocenters. The molecule has 0 aromatic carbocycles. The second kappa shape index (κ2) is 2.91. The Labute approximate surface area is 82.2 Å². The Bertz CT molecular complexity index is 569. The van der Waals surface area contributed by atoms with Gasteiger partial charge in [-0.2, -0.15) is 0 Å². The van der Waals surface area contributed by atoms with Crippen LogP contribution in [0.2, 0.25) is 0 Å². The second-order valence-electron chi connectivity index (χ2n) is 2.77. The van der Waals surface area contributed by atoms with Crippen molar-refractivity contribution in [3.63, 3.8) is 0 Å². The van der Waals surface area contributed by atoms with Gasteiger partial charge in [0.15, 0.2) is 0 Å². The van der Waals surface area contributed by atoms with Crippen LogP contribution >= 0.6 is 11.3 Å². The maximum Gasteiger partial charge on any atom is 0.341 e. The molecule has 0 fully saturated rings. The molecule has 6 heteroatoms. The zero-order valence-electron chi connectivity index (χ0n) is 7.22. The number of nitrogens with zero attached hydrogens (tertiary/aromatic N) is 2. The van der Waals surface area contributed by atoms with Gasteiger partial charge < -0.3 is 9.67 Å². The number of rotatable bonds is 1. The van der Waals surface area contributed by atoms with E-state index in [1.54, 1.807) is 5.51 Å². The lowest BCUT2D eigenvalue weighted by atomic mass is 10.2. The van der Waals surface area contributed by atoms with Gasteiger partial charge in [-0.05, 0) is 6.07 Å². The van der Waals surface area contributed by atoms with Crippen molar-refractivity contribution in [2.45, 2.75) is 0 Å². The fourth-order valence-electron chi connectivity index (χ4n) is 1.22. The molecule has 72 valence electrons. The fourth-order valence-corrected chi connectivity index (χ4v) is 1.96. The van der Waals surface area contributed by atoms with Crippen LogP contribution in [0.5, 0.6) is 0 Å². The molecule has 5 nitrogen and oxygen atoms in total. The van der Waals surface area contributed by atoms with E-state index in [4.69, 9.17) is 5.11 Å². The van der Waals surface area contributed by atoms with E-state index in [-0.39, 0.29) is 5.56 Å². The molecule has 2 heterocycles. The first-order valence-corrected chi connectivity index (χ1v) is 4.65. The molecule has 14 heavy (non-hydrogen) atoms. The summed E-state index contributed by atoms with van der Waals surface area (Å²) >= 11 is 1.31. The van der Waals surface area contributed by atoms with Crippen molar-refractivity contribution in [1.29, 1.82) is 0 Å². The van der Waals surface area contributed by atoms with Crippen molar-refractivity contribution in [2.24, 2.45) is 7.05 Å². The maximum absolute atomic E-state index is 11.5. The summed E-state index contributed by atoms with van der Waals surface area (Å²) in [5, 5.41) is 8.75. The lowest BCUT2D eigenvalue weighted by Gasteiger charge is -2.00. The summed E-state index contributed by atoms with van der Waals surface area (Å²) < 4.78 is 1.30. The SMILES string of the molecule is Cn1c(=O)c(C(=O)O)cc2ncsc21. The summed E-state index contributed by atoms with van der Waals surface area (Å²) in [6, 6.07) is 1.30. The van der Waals surface area contributed by atoms with Gasteiger partial charge in [-0.25, -0.2) is 9.78 Å². The molecule has 0 spiro atoms. The predicted molar refractivity (Wildman–Crippen MR) is 51.8 cm³/mol. The Morgan fingerprint density at radius 2 is 2.36 bits per heavy atom. The number of pyridine rings is 1. The van der Waals surface area contributed by atoms with Crippen molar-refractivity contribution in [2.75, 3.05) is 0 Å². The molecule has 0 aliphatic rings. The number of aryl methyl sites for hydroxylation is 1. The highest BCUT2D eigenvalue weighted by Crippen LogP contribution is 2.15. The van der Waals surface area contributed by atoms with Gasteiger partial charge in [-0.3, -0.25) is 4.79 Å². The van der Waals surface area contributed by atoms with Crippen LogP contribution in [0.4, 0.5) is 0 Å². The van der Waals surface area contributed by atoms with E-state index in [2.05, 4.69) is 4.98 Å². The van der Waals surface area contributed by atoms with Crippen LogP contribution in [-0.4, -0.2) is 20.6 Å². The van der Waals surface area contributed by atoms with Crippen molar-refractivity contribution < 1.29 is 9.90 Å². The molecule has 0 saturated carbocycles. The molecule has 0 aliphatic carbocycles. The highest BCUT2D eigenvalue weighted by atomic mass is 32.1. The standard InChI is InChI=1S/C8H6N2O3S/c1-10-6(11)4(8(12)13)2-5-7(10)14-3-9-5/h2-3H,1H3,(H,12,13). The third kappa shape index (κ3) is 1.12. The zero-order valence-corrected chi connectivity index (χ0v) is 8.04. The monoisotopic (exact) mass is 210 g/mol. The number of hydrogen-bond donors (Lipinski definition) is 1. The molecule has 2 aromatic rings. The van der Waals surface area contributed by atoms with Crippen LogP contribution in [0.3, 0.4) is 0 Å². The Balaban J connectivity index is 2.94. The lowest BCUT2D eigenvalue weighted by Crippen LogP contribution is -2.23. The van der Waals surface area contributed by atoms with E-state index in [1.807, 2.05) is 0 Å². The predicted octanol–water partition coefficient (Wildman–Crippen LogP) is 0.693. The number of carbonyl (C=O) groups is 1. The first kappa shape index (κ1) is 8.89. The minimum absolute atomic E-state index is 0.245. The summed E-state index contributed by atoms with van der Waals surface area (Å²) in [4.78, 5) is 26.8. The molecule has 2 rings (SSSR count). The topological polar surface area (TPSA) is 72.2 Å². The van der Waals surface area contributed by atoms with Crippen LogP contribution in [-0.2, 0) is 7.05 Å². The number of fused-ring (bicyclic) bond motifs is 1. The van der Waals surface area contributed by atoms with E-state index < -0.39 is 11.5 Å². The Morgan fingerprint density at radius 3 is 3.00 bits per heavy atom. The van der Waals surface area contributed by atoms with E-state index in [0.717, 1.165) is 0 Å². The molecule has 0 amide bonds. The molecular formula is C8H6N2O3S. The summed E-state index contributed by atoms with van der Waals surface area (Å²) in [6.45, 7) is 0. The normalized spacial score (nSPS) is 10.6.